The molecule has 132 valence electrons. The van der Waals surface area contributed by atoms with E-state index in [2.05, 4.69) is 31.8 Å². The molecule has 6 heteroatoms. The first-order chi connectivity index (χ1) is 12.2. The van der Waals surface area contributed by atoms with Crippen LogP contribution >= 0.6 is 0 Å². The molecule has 1 saturated carbocycles. The van der Waals surface area contributed by atoms with E-state index in [0.29, 0.717) is 17.7 Å². The van der Waals surface area contributed by atoms with E-state index in [1.807, 2.05) is 18.2 Å². The normalized spacial score (nSPS) is 20.8. The monoisotopic (exact) mass is 339 g/mol. The topological polar surface area (TPSA) is 68.8 Å². The third-order valence-electron chi connectivity index (χ3n) is 4.58. The summed E-state index contributed by atoms with van der Waals surface area (Å²) in [6.07, 6.45) is 9.15. The summed E-state index contributed by atoms with van der Waals surface area (Å²) >= 11 is 0. The van der Waals surface area contributed by atoms with Crippen LogP contribution in [0.5, 0.6) is 0 Å². The number of anilines is 1. The average molecular weight is 339 g/mol. The van der Waals surface area contributed by atoms with Crippen LogP contribution in [0.1, 0.15) is 24.8 Å². The van der Waals surface area contributed by atoms with Gasteiger partial charge in [-0.3, -0.25) is 14.7 Å². The Morgan fingerprint density at radius 3 is 2.96 bits per heavy atom. The van der Waals surface area contributed by atoms with Gasteiger partial charge in [0.25, 0.3) is 0 Å². The second-order valence-corrected chi connectivity index (χ2v) is 6.56. The SMILES string of the molecule is C#Cc1cccc(NC(=O)CNC(=NC)NC2CCN(C3CC3)C2)c1. The van der Waals surface area contributed by atoms with E-state index in [4.69, 9.17) is 6.42 Å². The van der Waals surface area contributed by atoms with Gasteiger partial charge in [0.05, 0.1) is 6.54 Å². The van der Waals surface area contributed by atoms with Gasteiger partial charge in [-0.1, -0.05) is 12.0 Å². The number of hydrogen-bond donors (Lipinski definition) is 3. The lowest BCUT2D eigenvalue weighted by atomic mass is 10.2. The number of carbonyl (C=O) groups excluding carboxylic acids is 1. The van der Waals surface area contributed by atoms with Crippen LogP contribution in [0.2, 0.25) is 0 Å². The van der Waals surface area contributed by atoms with Gasteiger partial charge >= 0.3 is 0 Å². The molecule has 2 fully saturated rings. The molecule has 0 spiro atoms. The molecular weight excluding hydrogens is 314 g/mol. The van der Waals surface area contributed by atoms with E-state index >= 15 is 0 Å². The van der Waals surface area contributed by atoms with E-state index in [1.54, 1.807) is 13.1 Å². The molecule has 1 saturated heterocycles. The van der Waals surface area contributed by atoms with Crippen molar-refractivity contribution in [1.29, 1.82) is 0 Å². The number of nitrogens with one attached hydrogen (secondary N) is 3. The van der Waals surface area contributed by atoms with Gasteiger partial charge in [-0.05, 0) is 37.5 Å². The standard InChI is InChI=1S/C19H25N5O/c1-3-14-5-4-6-15(11-14)22-18(25)12-21-19(20-2)23-16-9-10-24(13-16)17-7-8-17/h1,4-6,11,16-17H,7-10,12-13H2,2H3,(H,22,25)(H2,20,21,23). The molecule has 1 aliphatic carbocycles. The number of aliphatic imine (C=N–C) groups is 1. The van der Waals surface area contributed by atoms with Crippen molar-refractivity contribution in [2.45, 2.75) is 31.3 Å². The first-order valence-corrected chi connectivity index (χ1v) is 8.75. The fourth-order valence-electron chi connectivity index (χ4n) is 3.12. The Morgan fingerprint density at radius 2 is 2.24 bits per heavy atom. The molecule has 0 radical (unpaired) electrons. The summed E-state index contributed by atoms with van der Waals surface area (Å²) in [4.78, 5) is 18.9. The summed E-state index contributed by atoms with van der Waals surface area (Å²) in [5.74, 6) is 3.08. The maximum Gasteiger partial charge on any atom is 0.243 e. The van der Waals surface area contributed by atoms with Gasteiger partial charge in [-0.15, -0.1) is 6.42 Å². The first-order valence-electron chi connectivity index (χ1n) is 8.75. The second kappa shape index (κ2) is 8.04. The highest BCUT2D eigenvalue weighted by Crippen LogP contribution is 2.29. The molecule has 1 unspecified atom stereocenters. The van der Waals surface area contributed by atoms with Gasteiger partial charge in [-0.25, -0.2) is 0 Å². The Kier molecular flexibility index (Phi) is 5.56. The van der Waals surface area contributed by atoms with Crippen molar-refractivity contribution in [2.75, 3.05) is 32.0 Å². The van der Waals surface area contributed by atoms with Crippen LogP contribution in [0.4, 0.5) is 5.69 Å². The zero-order valence-corrected chi connectivity index (χ0v) is 14.6. The predicted molar refractivity (Wildman–Crippen MR) is 101 cm³/mol. The number of benzene rings is 1. The van der Waals surface area contributed by atoms with Crippen molar-refractivity contribution in [3.05, 3.63) is 29.8 Å². The lowest BCUT2D eigenvalue weighted by Crippen LogP contribution is -2.46. The molecule has 1 aromatic carbocycles. The van der Waals surface area contributed by atoms with E-state index < -0.39 is 0 Å². The highest BCUT2D eigenvalue weighted by molar-refractivity contribution is 5.95. The van der Waals surface area contributed by atoms with Crippen molar-refractivity contribution in [3.63, 3.8) is 0 Å². The van der Waals surface area contributed by atoms with Gasteiger partial charge in [0.1, 0.15) is 0 Å². The second-order valence-electron chi connectivity index (χ2n) is 6.56. The lowest BCUT2D eigenvalue weighted by Gasteiger charge is -2.18. The van der Waals surface area contributed by atoms with Crippen LogP contribution in [0.3, 0.4) is 0 Å². The molecule has 3 rings (SSSR count). The number of rotatable bonds is 5. The van der Waals surface area contributed by atoms with Crippen LogP contribution in [0, 0.1) is 12.3 Å². The van der Waals surface area contributed by atoms with E-state index in [1.165, 1.54) is 12.8 Å². The summed E-state index contributed by atoms with van der Waals surface area (Å²) in [6, 6.07) is 8.43. The molecule has 1 atom stereocenters. The predicted octanol–water partition coefficient (Wildman–Crippen LogP) is 1.01. The molecule has 0 aromatic heterocycles. The Bertz CT molecular complexity index is 689. The minimum atomic E-state index is -0.136. The number of carbonyl (C=O) groups is 1. The number of amides is 1. The van der Waals surface area contributed by atoms with Crippen molar-refractivity contribution in [2.24, 2.45) is 4.99 Å². The summed E-state index contributed by atoms with van der Waals surface area (Å²) in [5.41, 5.74) is 1.44. The van der Waals surface area contributed by atoms with Crippen molar-refractivity contribution < 1.29 is 4.79 Å². The lowest BCUT2D eigenvalue weighted by molar-refractivity contribution is -0.115. The van der Waals surface area contributed by atoms with Crippen molar-refractivity contribution in [3.8, 4) is 12.3 Å². The van der Waals surface area contributed by atoms with Crippen LogP contribution < -0.4 is 16.0 Å². The summed E-state index contributed by atoms with van der Waals surface area (Å²) in [6.45, 7) is 2.35. The van der Waals surface area contributed by atoms with Gasteiger partial charge in [0.2, 0.25) is 5.91 Å². The minimum Gasteiger partial charge on any atom is -0.352 e. The molecule has 1 aromatic rings. The number of likely N-dealkylation sites (tertiary alicyclic amines) is 1. The van der Waals surface area contributed by atoms with Gasteiger partial charge < -0.3 is 16.0 Å². The van der Waals surface area contributed by atoms with Crippen LogP contribution in [-0.4, -0.2) is 55.5 Å². The van der Waals surface area contributed by atoms with Crippen LogP contribution in [0.15, 0.2) is 29.3 Å². The van der Waals surface area contributed by atoms with Crippen molar-refractivity contribution >= 4 is 17.6 Å². The van der Waals surface area contributed by atoms with Crippen LogP contribution in [0.25, 0.3) is 0 Å². The Balaban J connectivity index is 1.43. The maximum atomic E-state index is 12.1. The summed E-state index contributed by atoms with van der Waals surface area (Å²) in [7, 11) is 1.72. The molecule has 6 nitrogen and oxygen atoms in total. The highest BCUT2D eigenvalue weighted by atomic mass is 16.1. The zero-order valence-electron chi connectivity index (χ0n) is 14.6. The van der Waals surface area contributed by atoms with Gasteiger partial charge in [0, 0.05) is 43.5 Å². The molecule has 3 N–H and O–H groups in total. The number of hydrogen-bond acceptors (Lipinski definition) is 3. The number of nitrogens with zero attached hydrogens (tertiary/aromatic N) is 2. The molecule has 0 bridgehead atoms. The Hall–Kier alpha value is -2.52. The third-order valence-corrected chi connectivity index (χ3v) is 4.58. The average Bonchev–Trinajstić information content (AvgIpc) is 3.38. The Morgan fingerprint density at radius 1 is 1.40 bits per heavy atom. The smallest absolute Gasteiger partial charge is 0.243 e. The van der Waals surface area contributed by atoms with E-state index in [0.717, 1.165) is 31.1 Å². The van der Waals surface area contributed by atoms with Gasteiger partial charge in [0.15, 0.2) is 5.96 Å². The van der Waals surface area contributed by atoms with E-state index in [9.17, 15) is 4.79 Å². The largest absolute Gasteiger partial charge is 0.352 e. The third kappa shape index (κ3) is 4.97. The van der Waals surface area contributed by atoms with Crippen molar-refractivity contribution in [1.82, 2.24) is 15.5 Å². The summed E-state index contributed by atoms with van der Waals surface area (Å²) in [5, 5.41) is 9.31. The summed E-state index contributed by atoms with van der Waals surface area (Å²) < 4.78 is 0. The Labute approximate surface area is 149 Å². The van der Waals surface area contributed by atoms with Gasteiger partial charge in [-0.2, -0.15) is 0 Å². The fraction of sp³-hybridized carbons (Fsp3) is 0.474. The number of terminal acetylenes is 1. The maximum absolute atomic E-state index is 12.1. The fourth-order valence-corrected chi connectivity index (χ4v) is 3.12. The molecule has 1 amide bonds. The van der Waals surface area contributed by atoms with E-state index in [-0.39, 0.29) is 12.5 Å². The molecule has 2 aliphatic rings. The quantitative estimate of drug-likeness (QED) is 0.425. The molecule has 1 aliphatic heterocycles. The van der Waals surface area contributed by atoms with Crippen LogP contribution in [-0.2, 0) is 4.79 Å². The molecular formula is C19H25N5O. The molecule has 1 heterocycles. The molecule has 25 heavy (non-hydrogen) atoms. The highest BCUT2D eigenvalue weighted by Gasteiger charge is 2.34. The number of guanidine groups is 1. The first kappa shape index (κ1) is 17.3. The zero-order chi connectivity index (χ0) is 17.6. The minimum absolute atomic E-state index is 0.136.